The molecular weight excluding hydrogens is 282 g/mol. The van der Waals surface area contributed by atoms with Crippen molar-refractivity contribution in [2.24, 2.45) is 5.73 Å². The first kappa shape index (κ1) is 17.6. The Hall–Kier alpha value is 0.230. The van der Waals surface area contributed by atoms with Gasteiger partial charge in [0.2, 0.25) is 0 Å². The van der Waals surface area contributed by atoms with E-state index in [9.17, 15) is 5.11 Å². The molecule has 0 saturated carbocycles. The zero-order valence-corrected chi connectivity index (χ0v) is 11.1. The van der Waals surface area contributed by atoms with Gasteiger partial charge in [-0.05, 0) is 13.0 Å². The van der Waals surface area contributed by atoms with Gasteiger partial charge < -0.3 is 10.8 Å². The maximum atomic E-state index is 9.75. The van der Waals surface area contributed by atoms with Gasteiger partial charge in [0.15, 0.2) is 0 Å². The highest BCUT2D eigenvalue weighted by Crippen LogP contribution is 2.26. The van der Waals surface area contributed by atoms with Gasteiger partial charge in [0.25, 0.3) is 0 Å². The third-order valence-electron chi connectivity index (χ3n) is 1.72. The summed E-state index contributed by atoms with van der Waals surface area (Å²) < 4.78 is 0. The average Bonchev–Trinajstić information content (AvgIpc) is 2.03. The molecule has 1 atom stereocenters. The van der Waals surface area contributed by atoms with Crippen molar-refractivity contribution < 1.29 is 5.11 Å². The minimum absolute atomic E-state index is 0. The highest BCUT2D eigenvalue weighted by Gasteiger charge is 2.25. The molecular formula is C8H12Cl4N2O. The summed E-state index contributed by atoms with van der Waals surface area (Å²) in [4.78, 5) is 3.93. The summed E-state index contributed by atoms with van der Waals surface area (Å²) in [5, 5.41) is 10.5. The number of hydrogen-bond donors (Lipinski definition) is 2. The van der Waals surface area contributed by atoms with Gasteiger partial charge in [-0.25, -0.2) is 0 Å². The zero-order chi connectivity index (χ0) is 10.1. The van der Waals surface area contributed by atoms with Crippen LogP contribution in [0.3, 0.4) is 0 Å². The maximum Gasteiger partial charge on any atom is 0.117 e. The molecule has 3 N–H and O–H groups in total. The number of aromatic nitrogens is 1. The lowest BCUT2D eigenvalue weighted by Crippen LogP contribution is -2.32. The van der Waals surface area contributed by atoms with Crippen molar-refractivity contribution in [2.75, 3.05) is 6.54 Å². The third kappa shape index (κ3) is 4.31. The van der Waals surface area contributed by atoms with E-state index in [0.29, 0.717) is 15.7 Å². The van der Waals surface area contributed by atoms with Crippen molar-refractivity contribution in [3.8, 4) is 0 Å². The monoisotopic (exact) mass is 292 g/mol. The highest BCUT2D eigenvalue weighted by molar-refractivity contribution is 6.34. The van der Waals surface area contributed by atoms with Crippen LogP contribution >= 0.6 is 48.0 Å². The molecule has 0 amide bonds. The van der Waals surface area contributed by atoms with Gasteiger partial charge in [0, 0.05) is 12.7 Å². The number of rotatable bonds is 2. The summed E-state index contributed by atoms with van der Waals surface area (Å²) in [5.74, 6) is 0. The van der Waals surface area contributed by atoms with Crippen LogP contribution in [0.15, 0.2) is 12.3 Å². The molecule has 3 nitrogen and oxygen atoms in total. The van der Waals surface area contributed by atoms with Crippen LogP contribution in [-0.4, -0.2) is 16.6 Å². The second kappa shape index (κ2) is 6.74. The molecule has 0 radical (unpaired) electrons. The molecule has 0 fully saturated rings. The van der Waals surface area contributed by atoms with Crippen molar-refractivity contribution in [2.45, 2.75) is 12.5 Å². The lowest BCUT2D eigenvalue weighted by atomic mass is 10.0. The summed E-state index contributed by atoms with van der Waals surface area (Å²) in [6, 6.07) is 1.52. The van der Waals surface area contributed by atoms with Gasteiger partial charge >= 0.3 is 0 Å². The number of nitrogens with zero attached hydrogens (tertiary/aromatic N) is 1. The Bertz CT molecular complexity index is 320. The van der Waals surface area contributed by atoms with Gasteiger partial charge in [0.1, 0.15) is 5.60 Å². The highest BCUT2D eigenvalue weighted by atomic mass is 35.5. The number of aliphatic hydroxyl groups is 1. The van der Waals surface area contributed by atoms with Crippen LogP contribution in [0.25, 0.3) is 0 Å². The minimum atomic E-state index is -1.21. The van der Waals surface area contributed by atoms with E-state index in [0.717, 1.165) is 0 Å². The molecule has 1 aromatic heterocycles. The molecule has 88 valence electrons. The molecule has 0 saturated heterocycles. The molecule has 0 aliphatic heterocycles. The zero-order valence-electron chi connectivity index (χ0n) is 7.91. The third-order valence-corrected chi connectivity index (χ3v) is 2.21. The molecule has 1 heterocycles. The van der Waals surface area contributed by atoms with E-state index in [1.54, 1.807) is 6.92 Å². The molecule has 1 rings (SSSR count). The topological polar surface area (TPSA) is 59.1 Å². The van der Waals surface area contributed by atoms with Crippen LogP contribution in [0, 0.1) is 0 Å². The molecule has 0 aliphatic carbocycles. The molecule has 1 aromatic rings. The Kier molecular flexibility index (Phi) is 7.91. The molecule has 1 unspecified atom stereocenters. The molecule has 0 aliphatic rings. The first-order valence-corrected chi connectivity index (χ1v) is 4.47. The van der Waals surface area contributed by atoms with Crippen LogP contribution in [0.1, 0.15) is 12.6 Å². The van der Waals surface area contributed by atoms with E-state index >= 15 is 0 Å². The van der Waals surface area contributed by atoms with Gasteiger partial charge in [-0.2, -0.15) is 0 Å². The fraction of sp³-hybridized carbons (Fsp3) is 0.375. The number of nitrogens with two attached hydrogens (primary N) is 1. The second-order valence-electron chi connectivity index (χ2n) is 2.96. The van der Waals surface area contributed by atoms with E-state index in [2.05, 4.69) is 4.98 Å². The van der Waals surface area contributed by atoms with E-state index in [-0.39, 0.29) is 31.4 Å². The van der Waals surface area contributed by atoms with Crippen molar-refractivity contribution >= 4 is 48.0 Å². The van der Waals surface area contributed by atoms with Crippen LogP contribution in [0.5, 0.6) is 0 Å². The average molecular weight is 294 g/mol. The predicted octanol–water partition coefficient (Wildman–Crippen LogP) is 2.40. The lowest BCUT2D eigenvalue weighted by Gasteiger charge is -2.21. The first-order chi connectivity index (χ1) is 5.97. The summed E-state index contributed by atoms with van der Waals surface area (Å²) in [6.07, 6.45) is 1.42. The van der Waals surface area contributed by atoms with Gasteiger partial charge in [-0.3, -0.25) is 4.98 Å². The minimum Gasteiger partial charge on any atom is -0.382 e. The smallest absolute Gasteiger partial charge is 0.117 e. The van der Waals surface area contributed by atoms with E-state index in [4.69, 9.17) is 28.9 Å². The Morgan fingerprint density at radius 3 is 2.40 bits per heavy atom. The van der Waals surface area contributed by atoms with E-state index in [1.807, 2.05) is 0 Å². The van der Waals surface area contributed by atoms with Crippen molar-refractivity contribution in [1.82, 2.24) is 4.98 Å². The first-order valence-electron chi connectivity index (χ1n) is 3.71. The van der Waals surface area contributed by atoms with Gasteiger partial charge in [-0.1, -0.05) is 23.2 Å². The number of halogens is 4. The van der Waals surface area contributed by atoms with Gasteiger partial charge in [0.05, 0.1) is 15.7 Å². The molecule has 15 heavy (non-hydrogen) atoms. The molecule has 0 aromatic carbocycles. The largest absolute Gasteiger partial charge is 0.382 e. The maximum absolute atomic E-state index is 9.75. The normalized spacial score (nSPS) is 13.4. The summed E-state index contributed by atoms with van der Waals surface area (Å²) >= 11 is 11.5. The van der Waals surface area contributed by atoms with Crippen LogP contribution in [0.4, 0.5) is 0 Å². The van der Waals surface area contributed by atoms with Gasteiger partial charge in [-0.15, -0.1) is 24.8 Å². The molecule has 0 spiro atoms. The van der Waals surface area contributed by atoms with Crippen LogP contribution in [0.2, 0.25) is 10.0 Å². The Labute approximate surface area is 111 Å². The number of pyridine rings is 1. The standard InChI is InChI=1S/C8H10Cl2N2O.2ClH/c1-8(13,4-11)7-6(10)2-5(9)3-12-7;;/h2-3,13H,4,11H2,1H3;2*1H. The fourth-order valence-corrected chi connectivity index (χ4v) is 1.49. The SMILES string of the molecule is CC(O)(CN)c1ncc(Cl)cc1Cl.Cl.Cl. The quantitative estimate of drug-likeness (QED) is 0.880. The predicted molar refractivity (Wildman–Crippen MR) is 67.4 cm³/mol. The van der Waals surface area contributed by atoms with E-state index < -0.39 is 5.60 Å². The molecule has 0 bridgehead atoms. The lowest BCUT2D eigenvalue weighted by molar-refractivity contribution is 0.0623. The Morgan fingerprint density at radius 2 is 2.00 bits per heavy atom. The summed E-state index contributed by atoms with van der Waals surface area (Å²) in [6.45, 7) is 1.61. The number of hydrogen-bond acceptors (Lipinski definition) is 3. The van der Waals surface area contributed by atoms with Crippen LogP contribution < -0.4 is 5.73 Å². The Morgan fingerprint density at radius 1 is 1.47 bits per heavy atom. The van der Waals surface area contributed by atoms with Crippen molar-refractivity contribution in [1.29, 1.82) is 0 Å². The molecule has 7 heteroatoms. The fourth-order valence-electron chi connectivity index (χ4n) is 0.908. The summed E-state index contributed by atoms with van der Waals surface area (Å²) in [7, 11) is 0. The summed E-state index contributed by atoms with van der Waals surface area (Å²) in [5.41, 5.74) is 4.51. The van der Waals surface area contributed by atoms with Crippen molar-refractivity contribution in [3.05, 3.63) is 28.0 Å². The second-order valence-corrected chi connectivity index (χ2v) is 3.81. The van der Waals surface area contributed by atoms with Crippen LogP contribution in [-0.2, 0) is 5.60 Å². The van der Waals surface area contributed by atoms with Crippen molar-refractivity contribution in [3.63, 3.8) is 0 Å². The van der Waals surface area contributed by atoms with E-state index in [1.165, 1.54) is 12.3 Å². The Balaban J connectivity index is 0.